The molecule has 0 amide bonds. The van der Waals surface area contributed by atoms with Crippen LogP contribution in [0.5, 0.6) is 0 Å². The van der Waals surface area contributed by atoms with Gasteiger partial charge in [0, 0.05) is 13.7 Å². The quantitative estimate of drug-likeness (QED) is 0.298. The van der Waals surface area contributed by atoms with E-state index >= 15 is 0 Å². The first-order chi connectivity index (χ1) is 9.69. The van der Waals surface area contributed by atoms with E-state index in [-0.39, 0.29) is 35.8 Å². The minimum absolute atomic E-state index is 0. The van der Waals surface area contributed by atoms with E-state index in [2.05, 4.69) is 0 Å². The van der Waals surface area contributed by atoms with Crippen molar-refractivity contribution < 1.29 is 32.5 Å². The van der Waals surface area contributed by atoms with Crippen LogP contribution in [-0.2, 0) is 15.6 Å². The van der Waals surface area contributed by atoms with Gasteiger partial charge in [0.05, 0.1) is 18.6 Å². The van der Waals surface area contributed by atoms with Crippen LogP contribution in [0.3, 0.4) is 0 Å². The zero-order valence-corrected chi connectivity index (χ0v) is 14.6. The van der Waals surface area contributed by atoms with E-state index in [0.717, 1.165) is 24.5 Å². The van der Waals surface area contributed by atoms with Crippen molar-refractivity contribution >= 4 is 10.9 Å². The molecule has 4 nitrogen and oxygen atoms in total. The fraction of sp³-hybridized carbons (Fsp3) is 1.00. The van der Waals surface area contributed by atoms with Crippen LogP contribution in [0.25, 0.3) is 0 Å². The highest BCUT2D eigenvalue weighted by Crippen LogP contribution is 2.25. The molecule has 0 aromatic heterocycles. The molecular formula is C15H31ClO4S. The van der Waals surface area contributed by atoms with E-state index < -0.39 is 12.2 Å². The van der Waals surface area contributed by atoms with Gasteiger partial charge in [-0.3, -0.25) is 0 Å². The monoisotopic (exact) mass is 342 g/mol. The molecule has 6 heteroatoms. The number of ether oxygens (including phenoxy) is 1. The van der Waals surface area contributed by atoms with Gasteiger partial charge in [-0.25, -0.2) is 0 Å². The van der Waals surface area contributed by atoms with Crippen molar-refractivity contribution in [3.63, 3.8) is 0 Å². The lowest BCUT2D eigenvalue weighted by Crippen LogP contribution is -3.00. The van der Waals surface area contributed by atoms with Gasteiger partial charge in [-0.2, -0.15) is 0 Å². The van der Waals surface area contributed by atoms with Crippen molar-refractivity contribution in [3.05, 3.63) is 0 Å². The Balaban J connectivity index is 0.00000400. The Kier molecular flexibility index (Phi) is 13.3. The number of hydrogen-bond donors (Lipinski definition) is 3. The third kappa shape index (κ3) is 8.62. The average molecular weight is 343 g/mol. The molecule has 0 aromatic rings. The van der Waals surface area contributed by atoms with Crippen molar-refractivity contribution in [3.8, 4) is 0 Å². The second-order valence-corrected chi connectivity index (χ2v) is 8.04. The predicted molar refractivity (Wildman–Crippen MR) is 84.1 cm³/mol. The number of rotatable bonds is 11. The maximum Gasteiger partial charge on any atom is 0.134 e. The second-order valence-electron chi connectivity index (χ2n) is 5.75. The molecular weight excluding hydrogens is 312 g/mol. The number of halogens is 1. The van der Waals surface area contributed by atoms with E-state index in [0.29, 0.717) is 0 Å². The van der Waals surface area contributed by atoms with Crippen LogP contribution in [0, 0.1) is 5.92 Å². The summed E-state index contributed by atoms with van der Waals surface area (Å²) >= 11 is 0. The lowest BCUT2D eigenvalue weighted by Gasteiger charge is -2.15. The summed E-state index contributed by atoms with van der Waals surface area (Å²) in [6.45, 7) is 0.635. The predicted octanol–water partition coefficient (Wildman–Crippen LogP) is -2.06. The maximum absolute atomic E-state index is 9.91. The van der Waals surface area contributed by atoms with Crippen molar-refractivity contribution in [2.75, 3.05) is 37.6 Å². The summed E-state index contributed by atoms with van der Waals surface area (Å²) in [5, 5.41) is 28.5. The molecule has 0 aliphatic carbocycles. The Morgan fingerprint density at radius 2 is 1.71 bits per heavy atom. The zero-order chi connectivity index (χ0) is 14.8. The number of hydrogen-bond acceptors (Lipinski definition) is 4. The Morgan fingerprint density at radius 3 is 2.33 bits per heavy atom. The molecule has 1 aliphatic rings. The van der Waals surface area contributed by atoms with Gasteiger partial charge in [-0.1, -0.05) is 19.3 Å². The van der Waals surface area contributed by atoms with E-state index in [4.69, 9.17) is 9.84 Å². The average Bonchev–Trinajstić information content (AvgIpc) is 2.82. The van der Waals surface area contributed by atoms with Gasteiger partial charge in [0.1, 0.15) is 23.4 Å². The van der Waals surface area contributed by atoms with Gasteiger partial charge in [0.15, 0.2) is 0 Å². The Bertz CT molecular complexity index is 246. The lowest BCUT2D eigenvalue weighted by molar-refractivity contribution is -0.0000330. The first kappa shape index (κ1) is 21.5. The van der Waals surface area contributed by atoms with Crippen LogP contribution < -0.4 is 12.4 Å². The fourth-order valence-electron chi connectivity index (χ4n) is 2.75. The molecule has 0 spiro atoms. The molecule has 3 N–H and O–H groups in total. The summed E-state index contributed by atoms with van der Waals surface area (Å²) in [4.78, 5) is 0. The molecule has 1 fully saturated rings. The van der Waals surface area contributed by atoms with Crippen molar-refractivity contribution in [2.24, 2.45) is 5.92 Å². The highest BCUT2D eigenvalue weighted by atomic mass is 35.5. The first-order valence-electron chi connectivity index (χ1n) is 7.79. The van der Waals surface area contributed by atoms with Crippen LogP contribution >= 0.6 is 0 Å². The minimum Gasteiger partial charge on any atom is -1.00 e. The van der Waals surface area contributed by atoms with E-state index in [1.54, 1.807) is 7.11 Å². The number of aliphatic hydroxyl groups is 3. The number of methoxy groups -OCH3 is 1. The Hall–Kier alpha value is 0.480. The van der Waals surface area contributed by atoms with E-state index in [1.165, 1.54) is 37.9 Å². The third-order valence-corrected chi connectivity index (χ3v) is 6.58. The highest BCUT2D eigenvalue weighted by Gasteiger charge is 2.43. The van der Waals surface area contributed by atoms with Crippen molar-refractivity contribution in [2.45, 2.75) is 50.7 Å². The molecule has 128 valence electrons. The molecule has 1 heterocycles. The molecule has 0 bridgehead atoms. The summed E-state index contributed by atoms with van der Waals surface area (Å²) in [7, 11) is 1.99. The van der Waals surface area contributed by atoms with E-state index in [9.17, 15) is 10.2 Å². The van der Waals surface area contributed by atoms with Crippen LogP contribution in [-0.4, -0.2) is 65.1 Å². The summed E-state index contributed by atoms with van der Waals surface area (Å²) in [6, 6.07) is 0. The molecule has 1 saturated heterocycles. The highest BCUT2D eigenvalue weighted by molar-refractivity contribution is 7.97. The Morgan fingerprint density at radius 1 is 1.10 bits per heavy atom. The molecule has 21 heavy (non-hydrogen) atoms. The van der Waals surface area contributed by atoms with Crippen LogP contribution in [0.2, 0.25) is 0 Å². The standard InChI is InChI=1S/C15H31O4S.ClH/c1-19-8-6-4-2-3-5-7-9-20-11-13(14(17)10-16)15(18)12-20;/h13-18H,2-12H2,1H3;1H/q+1;/p-1/t13-,14-,15-,20?;/m1./s1. The maximum atomic E-state index is 9.91. The van der Waals surface area contributed by atoms with Gasteiger partial charge in [-0.15, -0.1) is 0 Å². The normalized spacial score (nSPS) is 26.6. The SMILES string of the molecule is COCCCCCCCC[S+]1C[C@H]([C@H](O)CO)[C@H](O)C1.[Cl-]. The second kappa shape index (κ2) is 13.0. The van der Waals surface area contributed by atoms with E-state index in [1.807, 2.05) is 0 Å². The van der Waals surface area contributed by atoms with Crippen molar-refractivity contribution in [1.29, 1.82) is 0 Å². The molecule has 0 saturated carbocycles. The molecule has 0 aromatic carbocycles. The number of aliphatic hydroxyl groups excluding tert-OH is 3. The summed E-state index contributed by atoms with van der Waals surface area (Å²) < 4.78 is 5.02. The van der Waals surface area contributed by atoms with Gasteiger partial charge >= 0.3 is 0 Å². The topological polar surface area (TPSA) is 69.9 Å². The van der Waals surface area contributed by atoms with Gasteiger partial charge in [0.25, 0.3) is 0 Å². The summed E-state index contributed by atoms with van der Waals surface area (Å²) in [5.41, 5.74) is 0. The zero-order valence-electron chi connectivity index (χ0n) is 13.0. The Labute approximate surface area is 138 Å². The van der Waals surface area contributed by atoms with Gasteiger partial charge in [-0.05, 0) is 30.2 Å². The minimum atomic E-state index is -0.747. The lowest BCUT2D eigenvalue weighted by atomic mass is 10.0. The third-order valence-electron chi connectivity index (χ3n) is 4.04. The molecule has 4 atom stereocenters. The molecule has 0 radical (unpaired) electrons. The smallest absolute Gasteiger partial charge is 0.134 e. The summed E-state index contributed by atoms with van der Waals surface area (Å²) in [6.07, 6.45) is 6.30. The van der Waals surface area contributed by atoms with Gasteiger partial charge in [0.2, 0.25) is 0 Å². The molecule has 1 rings (SSSR count). The largest absolute Gasteiger partial charge is 1.00 e. The van der Waals surface area contributed by atoms with Crippen LogP contribution in [0.4, 0.5) is 0 Å². The molecule has 1 unspecified atom stereocenters. The fourth-order valence-corrected chi connectivity index (χ4v) is 5.55. The first-order valence-corrected chi connectivity index (χ1v) is 9.52. The van der Waals surface area contributed by atoms with Crippen LogP contribution in [0.15, 0.2) is 0 Å². The van der Waals surface area contributed by atoms with Crippen LogP contribution in [0.1, 0.15) is 38.5 Å². The van der Waals surface area contributed by atoms with Crippen molar-refractivity contribution in [1.82, 2.24) is 0 Å². The summed E-state index contributed by atoms with van der Waals surface area (Å²) in [5.74, 6) is 2.76. The van der Waals surface area contributed by atoms with Gasteiger partial charge < -0.3 is 32.5 Å². The number of unbranched alkanes of at least 4 members (excludes halogenated alkanes) is 5. The molecule has 1 aliphatic heterocycles.